The Hall–Kier alpha value is -2.37. The van der Waals surface area contributed by atoms with Crippen LogP contribution in [0.5, 0.6) is 5.75 Å². The Labute approximate surface area is 208 Å². The van der Waals surface area contributed by atoms with Gasteiger partial charge in [0, 0.05) is 29.2 Å². The van der Waals surface area contributed by atoms with E-state index in [1.54, 1.807) is 19.0 Å². The minimum Gasteiger partial charge on any atom is -0.491 e. The van der Waals surface area contributed by atoms with Crippen LogP contribution in [0, 0.1) is 12.3 Å². The summed E-state index contributed by atoms with van der Waals surface area (Å²) in [6.45, 7) is 10.7. The zero-order valence-corrected chi connectivity index (χ0v) is 22.5. The molecule has 34 heavy (non-hydrogen) atoms. The third-order valence-electron chi connectivity index (χ3n) is 6.50. The van der Waals surface area contributed by atoms with Crippen LogP contribution in [0.3, 0.4) is 0 Å². The molecule has 0 saturated carbocycles. The first-order valence-corrected chi connectivity index (χ1v) is 13.0. The summed E-state index contributed by atoms with van der Waals surface area (Å²) in [5.41, 5.74) is 2.96. The number of aliphatic hydroxyl groups excluding tert-OH is 1. The van der Waals surface area contributed by atoms with E-state index in [0.717, 1.165) is 36.1 Å². The number of aryl methyl sites for hydroxylation is 2. The molecule has 1 aromatic heterocycles. The van der Waals surface area contributed by atoms with Gasteiger partial charge in [-0.3, -0.25) is 4.79 Å². The lowest BCUT2D eigenvalue weighted by Gasteiger charge is -2.26. The van der Waals surface area contributed by atoms with Gasteiger partial charge >= 0.3 is 0 Å². The highest BCUT2D eigenvalue weighted by atomic mass is 32.1. The minimum atomic E-state index is -0.504. The van der Waals surface area contributed by atoms with Crippen LogP contribution in [-0.4, -0.2) is 42.7 Å². The average molecular weight is 482 g/mol. The molecular formula is C29H39NO3S. The zero-order valence-electron chi connectivity index (χ0n) is 21.6. The topological polar surface area (TPSA) is 49.8 Å². The number of thiophene rings is 1. The molecule has 1 N–H and O–H groups in total. The van der Waals surface area contributed by atoms with Gasteiger partial charge in [0.15, 0.2) is 0 Å². The molecule has 0 bridgehead atoms. The van der Waals surface area contributed by atoms with Crippen molar-refractivity contribution in [2.75, 3.05) is 20.7 Å². The lowest BCUT2D eigenvalue weighted by Crippen LogP contribution is -2.32. The van der Waals surface area contributed by atoms with Crippen molar-refractivity contribution in [2.24, 2.45) is 5.41 Å². The first-order chi connectivity index (χ1) is 16.0. The molecule has 2 atom stereocenters. The van der Waals surface area contributed by atoms with E-state index in [1.807, 2.05) is 50.3 Å². The molecule has 2 aromatic carbocycles. The van der Waals surface area contributed by atoms with Gasteiger partial charge < -0.3 is 14.7 Å². The summed E-state index contributed by atoms with van der Waals surface area (Å²) < 4.78 is 7.07. The van der Waals surface area contributed by atoms with Gasteiger partial charge in [0.25, 0.3) is 5.91 Å². The van der Waals surface area contributed by atoms with Crippen molar-refractivity contribution in [2.45, 2.75) is 65.9 Å². The number of carbonyl (C=O) groups is 1. The Balaban J connectivity index is 1.66. The molecule has 0 spiro atoms. The van der Waals surface area contributed by atoms with Crippen LogP contribution < -0.4 is 4.74 Å². The lowest BCUT2D eigenvalue weighted by molar-refractivity contribution is 0.0216. The molecule has 3 aromatic rings. The first-order valence-electron chi connectivity index (χ1n) is 12.1. The smallest absolute Gasteiger partial charge is 0.253 e. The second-order valence-electron chi connectivity index (χ2n) is 10.5. The number of amides is 1. The van der Waals surface area contributed by atoms with Crippen molar-refractivity contribution in [3.05, 3.63) is 64.0 Å². The Kier molecular flexibility index (Phi) is 8.43. The van der Waals surface area contributed by atoms with Gasteiger partial charge in [-0.25, -0.2) is 0 Å². The van der Waals surface area contributed by atoms with Gasteiger partial charge in [0.1, 0.15) is 12.4 Å². The predicted molar refractivity (Wildman–Crippen MR) is 143 cm³/mol. The second-order valence-corrected chi connectivity index (χ2v) is 11.7. The highest BCUT2D eigenvalue weighted by Crippen LogP contribution is 2.36. The molecule has 0 fully saturated rings. The summed E-state index contributed by atoms with van der Waals surface area (Å²) >= 11 is 1.81. The van der Waals surface area contributed by atoms with Gasteiger partial charge in [0.05, 0.1) is 6.10 Å². The van der Waals surface area contributed by atoms with Crippen LogP contribution >= 0.6 is 11.3 Å². The van der Waals surface area contributed by atoms with Crippen LogP contribution in [0.25, 0.3) is 10.1 Å². The van der Waals surface area contributed by atoms with Crippen molar-refractivity contribution in [1.29, 1.82) is 0 Å². The molecule has 4 nitrogen and oxygen atoms in total. The Morgan fingerprint density at radius 3 is 2.47 bits per heavy atom. The number of aliphatic hydroxyl groups is 1. The molecule has 1 heterocycles. The fourth-order valence-corrected chi connectivity index (χ4v) is 5.30. The van der Waals surface area contributed by atoms with Crippen LogP contribution in [0.1, 0.15) is 72.8 Å². The maximum Gasteiger partial charge on any atom is 0.253 e. The number of benzene rings is 2. The van der Waals surface area contributed by atoms with E-state index >= 15 is 0 Å². The van der Waals surface area contributed by atoms with Crippen molar-refractivity contribution in [3.63, 3.8) is 0 Å². The fraction of sp³-hybridized carbons (Fsp3) is 0.483. The van der Waals surface area contributed by atoms with Gasteiger partial charge in [0.2, 0.25) is 0 Å². The maximum absolute atomic E-state index is 12.3. The summed E-state index contributed by atoms with van der Waals surface area (Å²) in [6.07, 6.45) is 2.66. The fourth-order valence-electron chi connectivity index (χ4n) is 3.98. The van der Waals surface area contributed by atoms with Gasteiger partial charge in [-0.2, -0.15) is 0 Å². The van der Waals surface area contributed by atoms with E-state index in [4.69, 9.17) is 4.74 Å². The molecule has 5 heteroatoms. The largest absolute Gasteiger partial charge is 0.491 e. The molecule has 0 aliphatic rings. The van der Waals surface area contributed by atoms with Gasteiger partial charge in [-0.15, -0.1) is 11.3 Å². The third kappa shape index (κ3) is 6.39. The summed E-state index contributed by atoms with van der Waals surface area (Å²) in [6, 6.07) is 14.7. The zero-order chi connectivity index (χ0) is 25.0. The van der Waals surface area contributed by atoms with Crippen LogP contribution in [-0.2, 0) is 6.42 Å². The molecule has 1 amide bonds. The van der Waals surface area contributed by atoms with Gasteiger partial charge in [-0.05, 0) is 78.3 Å². The Morgan fingerprint density at radius 1 is 1.12 bits per heavy atom. The molecule has 0 aliphatic heterocycles. The molecule has 184 valence electrons. The Morgan fingerprint density at radius 2 is 1.85 bits per heavy atom. The normalized spacial score (nSPS) is 13.6. The van der Waals surface area contributed by atoms with Crippen molar-refractivity contribution >= 4 is 27.3 Å². The summed E-state index contributed by atoms with van der Waals surface area (Å²) in [5, 5.41) is 11.5. The lowest BCUT2D eigenvalue weighted by atomic mass is 9.90. The molecule has 0 aliphatic carbocycles. The minimum absolute atomic E-state index is 0.0413. The van der Waals surface area contributed by atoms with Gasteiger partial charge in [-0.1, -0.05) is 45.9 Å². The van der Waals surface area contributed by atoms with E-state index < -0.39 is 6.10 Å². The molecular weight excluding hydrogens is 442 g/mol. The van der Waals surface area contributed by atoms with Crippen LogP contribution in [0.15, 0.2) is 42.5 Å². The quantitative estimate of drug-likeness (QED) is 0.365. The SMILES string of the molecule is CCC(CCc1ccc(OCC(O)C(C)(C)C)c(C)c1)c1cc2ccc(C(=O)N(C)C)cc2s1. The summed E-state index contributed by atoms with van der Waals surface area (Å²) in [4.78, 5) is 15.3. The molecule has 0 radical (unpaired) electrons. The first kappa shape index (κ1) is 26.2. The summed E-state index contributed by atoms with van der Waals surface area (Å²) in [7, 11) is 3.57. The van der Waals surface area contributed by atoms with Crippen molar-refractivity contribution in [3.8, 4) is 5.75 Å². The molecule has 3 rings (SSSR count). The van der Waals surface area contributed by atoms with Crippen molar-refractivity contribution in [1.82, 2.24) is 4.90 Å². The number of hydrogen-bond acceptors (Lipinski definition) is 4. The van der Waals surface area contributed by atoms with E-state index in [2.05, 4.69) is 38.1 Å². The van der Waals surface area contributed by atoms with E-state index in [0.29, 0.717) is 12.5 Å². The van der Waals surface area contributed by atoms with Crippen LogP contribution in [0.2, 0.25) is 0 Å². The van der Waals surface area contributed by atoms with Crippen molar-refractivity contribution < 1.29 is 14.6 Å². The molecule has 0 saturated heterocycles. The highest BCUT2D eigenvalue weighted by Gasteiger charge is 2.23. The average Bonchev–Trinajstić information content (AvgIpc) is 3.20. The second kappa shape index (κ2) is 10.9. The number of nitrogens with zero attached hydrogens (tertiary/aromatic N) is 1. The third-order valence-corrected chi connectivity index (χ3v) is 7.76. The standard InChI is InChI=1S/C29H39NO3S/c1-8-21(25-16-22-12-13-23(17-26(22)34-25)28(32)30(6)7)11-9-20-10-14-24(19(2)15-20)33-18-27(31)29(3,4)5/h10,12-17,21,27,31H,8-9,11,18H2,1-7H3. The number of hydrogen-bond donors (Lipinski definition) is 1. The monoisotopic (exact) mass is 481 g/mol. The maximum atomic E-state index is 12.3. The molecule has 2 unspecified atom stereocenters. The predicted octanol–water partition coefficient (Wildman–Crippen LogP) is 6.82. The highest BCUT2D eigenvalue weighted by molar-refractivity contribution is 7.19. The van der Waals surface area contributed by atoms with Crippen LogP contribution in [0.4, 0.5) is 0 Å². The Bertz CT molecular complexity index is 1130. The number of ether oxygens (including phenoxy) is 1. The van der Waals surface area contributed by atoms with E-state index in [1.165, 1.54) is 20.5 Å². The van der Waals surface area contributed by atoms with E-state index in [-0.39, 0.29) is 11.3 Å². The number of carbonyl (C=O) groups excluding carboxylic acids is 1. The number of rotatable bonds is 9. The number of fused-ring (bicyclic) bond motifs is 1. The van der Waals surface area contributed by atoms with E-state index in [9.17, 15) is 9.90 Å². The summed E-state index contributed by atoms with van der Waals surface area (Å²) in [5.74, 6) is 1.37.